The van der Waals surface area contributed by atoms with Crippen molar-refractivity contribution >= 4 is 39.0 Å². The van der Waals surface area contributed by atoms with Gasteiger partial charge in [-0.3, -0.25) is 9.59 Å². The molecule has 2 aromatic rings. The molecule has 188 valence electrons. The first kappa shape index (κ1) is 23.8. The molecule has 2 aliphatic heterocycles. The molecule has 3 fully saturated rings. The van der Waals surface area contributed by atoms with Crippen molar-refractivity contribution in [1.82, 2.24) is 19.9 Å². The molecule has 10 nitrogen and oxygen atoms in total. The lowest BCUT2D eigenvalue weighted by Crippen LogP contribution is -2.52. The highest BCUT2D eigenvalue weighted by Crippen LogP contribution is 2.43. The van der Waals surface area contributed by atoms with Gasteiger partial charge in [-0.1, -0.05) is 12.5 Å². The Morgan fingerprint density at radius 1 is 1.29 bits per heavy atom. The fraction of sp³-hybridized carbons (Fsp3) is 0.542. The summed E-state index contributed by atoms with van der Waals surface area (Å²) in [5.41, 5.74) is 1.14. The summed E-state index contributed by atoms with van der Waals surface area (Å²) in [6.45, 7) is 0.803. The van der Waals surface area contributed by atoms with Crippen LogP contribution in [0.15, 0.2) is 24.3 Å². The maximum atomic E-state index is 13.6. The molecule has 0 radical (unpaired) electrons. The van der Waals surface area contributed by atoms with Crippen molar-refractivity contribution in [3.05, 3.63) is 30.0 Å². The Hall–Kier alpha value is -2.92. The number of nitrogens with one attached hydrogen (secondary N) is 3. The van der Waals surface area contributed by atoms with E-state index in [0.29, 0.717) is 37.2 Å². The molecule has 5 rings (SSSR count). The molecule has 11 heteroatoms. The number of likely N-dealkylation sites (tertiary alicyclic amines) is 1. The van der Waals surface area contributed by atoms with Crippen molar-refractivity contribution in [2.45, 2.75) is 49.4 Å². The number of aromatic amines is 1. The highest BCUT2D eigenvalue weighted by atomic mass is 32.2. The number of rotatable bonds is 7. The van der Waals surface area contributed by atoms with Crippen LogP contribution in [0.2, 0.25) is 0 Å². The van der Waals surface area contributed by atoms with E-state index in [9.17, 15) is 22.8 Å². The van der Waals surface area contributed by atoms with Gasteiger partial charge in [0.25, 0.3) is 5.91 Å². The van der Waals surface area contributed by atoms with Crippen molar-refractivity contribution in [3.8, 4) is 5.75 Å². The molecule has 1 aromatic heterocycles. The number of aromatic nitrogens is 1. The Kier molecular flexibility index (Phi) is 6.30. The first-order valence-corrected chi connectivity index (χ1v) is 13.6. The number of methoxy groups -OCH3 is 1. The molecule has 2 unspecified atom stereocenters. The Balaban J connectivity index is 1.37. The third-order valence-electron chi connectivity index (χ3n) is 7.71. The van der Waals surface area contributed by atoms with Crippen LogP contribution in [-0.2, 0) is 19.6 Å². The van der Waals surface area contributed by atoms with Crippen LogP contribution >= 0.6 is 0 Å². The molecule has 3 N–H and O–H groups in total. The average Bonchev–Trinajstić information content (AvgIpc) is 3.60. The molecule has 1 aromatic carbocycles. The number of ether oxygens (including phenoxy) is 1. The Morgan fingerprint density at radius 3 is 2.83 bits per heavy atom. The third-order valence-corrected chi connectivity index (χ3v) is 9.62. The van der Waals surface area contributed by atoms with Gasteiger partial charge in [-0.05, 0) is 55.7 Å². The number of hydrogen-bond donors (Lipinski definition) is 3. The lowest BCUT2D eigenvalue weighted by atomic mass is 9.93. The summed E-state index contributed by atoms with van der Waals surface area (Å²) >= 11 is 0. The maximum absolute atomic E-state index is 13.6. The summed E-state index contributed by atoms with van der Waals surface area (Å²) in [5.74, 6) is 0.213. The number of sulfonamides is 1. The predicted octanol–water partition coefficient (Wildman–Crippen LogP) is 1.18. The minimum atomic E-state index is -3.48. The van der Waals surface area contributed by atoms with Gasteiger partial charge in [0, 0.05) is 24.0 Å². The van der Waals surface area contributed by atoms with Gasteiger partial charge in [0.2, 0.25) is 15.9 Å². The number of H-pyrrole nitrogens is 1. The summed E-state index contributed by atoms with van der Waals surface area (Å²) in [5, 5.41) is 2.80. The highest BCUT2D eigenvalue weighted by molar-refractivity contribution is 7.90. The zero-order valence-electron chi connectivity index (χ0n) is 19.5. The molecule has 3 heterocycles. The van der Waals surface area contributed by atoms with Crippen molar-refractivity contribution in [3.63, 3.8) is 0 Å². The number of hydrogen-bond acceptors (Lipinski definition) is 6. The van der Waals surface area contributed by atoms with Crippen LogP contribution in [0.1, 0.15) is 42.6 Å². The van der Waals surface area contributed by atoms with Crippen molar-refractivity contribution in [1.29, 1.82) is 0 Å². The average molecular weight is 503 g/mol. The molecular weight excluding hydrogens is 472 g/mol. The van der Waals surface area contributed by atoms with Crippen molar-refractivity contribution < 1.29 is 27.5 Å². The fourth-order valence-corrected chi connectivity index (χ4v) is 7.53. The Bertz CT molecular complexity index is 1260. The quantitative estimate of drug-likeness (QED) is 0.486. The van der Waals surface area contributed by atoms with Crippen LogP contribution in [0.5, 0.6) is 5.75 Å². The number of carbonyl (C=O) groups is 3. The number of carbonyl (C=O) groups excluding carboxylic acids is 3. The van der Waals surface area contributed by atoms with Gasteiger partial charge in [-0.15, -0.1) is 0 Å². The second kappa shape index (κ2) is 9.27. The largest absolute Gasteiger partial charge is 0.496 e. The normalized spacial score (nSPS) is 28.1. The first-order valence-electron chi connectivity index (χ1n) is 12.0. The van der Waals surface area contributed by atoms with E-state index >= 15 is 0 Å². The molecular formula is C24H30N4O6S. The Labute approximate surface area is 203 Å². The van der Waals surface area contributed by atoms with E-state index in [1.54, 1.807) is 18.1 Å². The van der Waals surface area contributed by atoms with Gasteiger partial charge in [-0.2, -0.15) is 0 Å². The van der Waals surface area contributed by atoms with E-state index in [4.69, 9.17) is 4.74 Å². The van der Waals surface area contributed by atoms with Gasteiger partial charge >= 0.3 is 0 Å². The van der Waals surface area contributed by atoms with Gasteiger partial charge in [0.15, 0.2) is 0 Å². The van der Waals surface area contributed by atoms with Gasteiger partial charge < -0.3 is 24.7 Å². The lowest BCUT2D eigenvalue weighted by molar-refractivity contribution is -0.128. The van der Waals surface area contributed by atoms with Crippen molar-refractivity contribution in [2.24, 2.45) is 11.8 Å². The van der Waals surface area contributed by atoms with Gasteiger partial charge in [0.05, 0.1) is 18.4 Å². The summed E-state index contributed by atoms with van der Waals surface area (Å²) in [7, 11) is -1.91. The second-order valence-electron chi connectivity index (χ2n) is 9.70. The summed E-state index contributed by atoms with van der Waals surface area (Å²) in [6, 6.07) is 5.62. The molecule has 3 aliphatic rings. The van der Waals surface area contributed by atoms with Crippen LogP contribution < -0.4 is 14.8 Å². The molecule has 0 bridgehead atoms. The van der Waals surface area contributed by atoms with Crippen LogP contribution in [0.4, 0.5) is 0 Å². The number of nitrogens with zero attached hydrogens (tertiary/aromatic N) is 1. The second-order valence-corrected chi connectivity index (χ2v) is 11.7. The number of aldehydes is 1. The Morgan fingerprint density at radius 2 is 2.11 bits per heavy atom. The molecule has 1 saturated carbocycles. The zero-order chi connectivity index (χ0) is 24.7. The van der Waals surface area contributed by atoms with Crippen LogP contribution in [0.25, 0.3) is 10.9 Å². The molecule has 35 heavy (non-hydrogen) atoms. The SMILES string of the molecule is COc1cccc2[nH]c(C(=O)N3C[C@@H]4CCC[C@@H]4[C@H]3C(=O)NC(C=O)CC3CCNS3(=O)=O)cc12. The lowest BCUT2D eigenvalue weighted by Gasteiger charge is -2.28. The molecule has 5 atom stereocenters. The summed E-state index contributed by atoms with van der Waals surface area (Å²) in [6.07, 6.45) is 3.77. The van der Waals surface area contributed by atoms with E-state index in [1.807, 2.05) is 18.2 Å². The van der Waals surface area contributed by atoms with Gasteiger partial charge in [-0.25, -0.2) is 13.1 Å². The smallest absolute Gasteiger partial charge is 0.271 e. The fourth-order valence-electron chi connectivity index (χ4n) is 6.01. The molecule has 2 saturated heterocycles. The summed E-state index contributed by atoms with van der Waals surface area (Å²) < 4.78 is 32.1. The van der Waals surface area contributed by atoms with Crippen LogP contribution in [0, 0.1) is 11.8 Å². The predicted molar refractivity (Wildman–Crippen MR) is 128 cm³/mol. The van der Waals surface area contributed by atoms with Crippen LogP contribution in [0.3, 0.4) is 0 Å². The number of amides is 2. The van der Waals surface area contributed by atoms with E-state index < -0.39 is 33.3 Å². The summed E-state index contributed by atoms with van der Waals surface area (Å²) in [4.78, 5) is 43.6. The third kappa shape index (κ3) is 4.31. The molecule has 1 aliphatic carbocycles. The maximum Gasteiger partial charge on any atom is 0.271 e. The van der Waals surface area contributed by atoms with Crippen LogP contribution in [-0.4, -0.2) is 73.9 Å². The number of benzene rings is 1. The number of fused-ring (bicyclic) bond motifs is 2. The van der Waals surface area contributed by atoms with E-state index in [2.05, 4.69) is 15.0 Å². The monoisotopic (exact) mass is 502 g/mol. The zero-order valence-corrected chi connectivity index (χ0v) is 20.3. The standard InChI is InChI=1S/C24H30N4O6S/c1-34-21-7-3-6-19-18(21)11-20(27-19)24(31)28-12-14-4-2-5-17(14)22(28)23(30)26-15(13-29)10-16-8-9-25-35(16,32)33/h3,6-7,11,13-17,22,25,27H,2,4-5,8-10,12H2,1H3,(H,26,30)/t14-,15?,16?,17-,22-/m0/s1. The van der Waals surface area contributed by atoms with E-state index in [1.165, 1.54) is 0 Å². The van der Waals surface area contributed by atoms with E-state index in [-0.39, 0.29) is 24.2 Å². The topological polar surface area (TPSA) is 138 Å². The minimum Gasteiger partial charge on any atom is -0.496 e. The highest BCUT2D eigenvalue weighted by Gasteiger charge is 2.50. The molecule has 0 spiro atoms. The molecule has 2 amide bonds. The van der Waals surface area contributed by atoms with Crippen molar-refractivity contribution in [2.75, 3.05) is 20.2 Å². The first-order chi connectivity index (χ1) is 16.8. The van der Waals surface area contributed by atoms with E-state index in [0.717, 1.165) is 30.2 Å². The van der Waals surface area contributed by atoms with Gasteiger partial charge in [0.1, 0.15) is 23.8 Å². The minimum absolute atomic E-state index is 0.0150.